The Balaban J connectivity index is 1.88. The van der Waals surface area contributed by atoms with Crippen LogP contribution in [0.1, 0.15) is 58.8 Å². The van der Waals surface area contributed by atoms with Crippen LogP contribution in [0.3, 0.4) is 0 Å². The minimum atomic E-state index is 0.260. The summed E-state index contributed by atoms with van der Waals surface area (Å²) >= 11 is 0. The highest BCUT2D eigenvalue weighted by Crippen LogP contribution is 2.31. The van der Waals surface area contributed by atoms with Crippen LogP contribution in [-0.4, -0.2) is 12.1 Å². The number of rotatable bonds is 2. The van der Waals surface area contributed by atoms with Crippen LogP contribution >= 0.6 is 0 Å². The molecule has 2 nitrogen and oxygen atoms in total. The number of nitriles is 1. The van der Waals surface area contributed by atoms with E-state index in [1.54, 1.807) is 0 Å². The monoisotopic (exact) mass is 234 g/mol. The molecule has 17 heavy (non-hydrogen) atoms. The third kappa shape index (κ3) is 3.45. The summed E-state index contributed by atoms with van der Waals surface area (Å²) in [6.07, 6.45) is 8.84. The van der Waals surface area contributed by atoms with Gasteiger partial charge >= 0.3 is 0 Å². The molecule has 0 radical (unpaired) electrons. The van der Waals surface area contributed by atoms with Gasteiger partial charge in [-0.1, -0.05) is 26.7 Å². The summed E-state index contributed by atoms with van der Waals surface area (Å²) in [6.45, 7) is 4.74. The number of nitrogens with one attached hydrogen (secondary N) is 1. The third-order valence-corrected chi connectivity index (χ3v) is 4.56. The zero-order chi connectivity index (χ0) is 12.3. The number of hydrogen-bond acceptors (Lipinski definition) is 2. The second kappa shape index (κ2) is 5.87. The molecule has 0 saturated heterocycles. The SMILES string of the molecule is CC1CC(C)CC(NC2CCCCC2C#N)C1. The van der Waals surface area contributed by atoms with E-state index in [-0.39, 0.29) is 5.92 Å². The summed E-state index contributed by atoms with van der Waals surface area (Å²) in [6, 6.07) is 3.63. The fraction of sp³-hybridized carbons (Fsp3) is 0.933. The van der Waals surface area contributed by atoms with Gasteiger partial charge in [-0.25, -0.2) is 0 Å². The molecule has 0 spiro atoms. The normalized spacial score (nSPS) is 43.0. The standard InChI is InChI=1S/C15H26N2/c1-11-7-12(2)9-14(8-11)17-15-6-4-3-5-13(15)10-16/h11-15,17H,3-9H2,1-2H3. The molecule has 4 unspecified atom stereocenters. The van der Waals surface area contributed by atoms with Gasteiger partial charge < -0.3 is 5.32 Å². The fourth-order valence-corrected chi connectivity index (χ4v) is 3.87. The van der Waals surface area contributed by atoms with Crippen molar-refractivity contribution < 1.29 is 0 Å². The van der Waals surface area contributed by atoms with E-state index in [1.165, 1.54) is 38.5 Å². The molecule has 0 aromatic heterocycles. The van der Waals surface area contributed by atoms with Gasteiger partial charge in [0.05, 0.1) is 12.0 Å². The van der Waals surface area contributed by atoms with Gasteiger partial charge in [-0.3, -0.25) is 0 Å². The molecular formula is C15H26N2. The molecule has 0 amide bonds. The first-order valence-corrected chi connectivity index (χ1v) is 7.34. The molecule has 2 rings (SSSR count). The Morgan fingerprint density at radius 3 is 2.29 bits per heavy atom. The molecule has 2 heteroatoms. The summed E-state index contributed by atoms with van der Waals surface area (Å²) in [5.41, 5.74) is 0. The highest BCUT2D eigenvalue weighted by molar-refractivity contribution is 4.96. The zero-order valence-electron chi connectivity index (χ0n) is 11.3. The van der Waals surface area contributed by atoms with Gasteiger partial charge in [0.2, 0.25) is 0 Å². The molecule has 2 saturated carbocycles. The first kappa shape index (κ1) is 12.9. The quantitative estimate of drug-likeness (QED) is 0.794. The molecule has 0 aliphatic heterocycles. The summed E-state index contributed by atoms with van der Waals surface area (Å²) in [5.74, 6) is 1.96. The Hall–Kier alpha value is -0.550. The van der Waals surface area contributed by atoms with Crippen LogP contribution in [0.15, 0.2) is 0 Å². The molecule has 2 aliphatic rings. The van der Waals surface area contributed by atoms with E-state index in [1.807, 2.05) is 0 Å². The van der Waals surface area contributed by atoms with Gasteiger partial charge in [0.1, 0.15) is 0 Å². The first-order valence-electron chi connectivity index (χ1n) is 7.34. The van der Waals surface area contributed by atoms with Crippen LogP contribution in [0, 0.1) is 29.1 Å². The Labute approximate surface area is 106 Å². The first-order chi connectivity index (χ1) is 8.19. The lowest BCUT2D eigenvalue weighted by atomic mass is 9.78. The lowest BCUT2D eigenvalue weighted by molar-refractivity contribution is 0.197. The van der Waals surface area contributed by atoms with Crippen molar-refractivity contribution in [3.8, 4) is 6.07 Å². The van der Waals surface area contributed by atoms with Crippen molar-refractivity contribution in [1.29, 1.82) is 5.26 Å². The molecule has 0 bridgehead atoms. The number of hydrogen-bond donors (Lipinski definition) is 1. The molecule has 2 fully saturated rings. The summed E-state index contributed by atoms with van der Waals surface area (Å²) < 4.78 is 0. The predicted octanol–water partition coefficient (Wildman–Crippen LogP) is 3.48. The summed E-state index contributed by atoms with van der Waals surface area (Å²) in [5, 5.41) is 13.0. The van der Waals surface area contributed by atoms with E-state index in [9.17, 15) is 5.26 Å². The Morgan fingerprint density at radius 2 is 1.65 bits per heavy atom. The molecule has 4 atom stereocenters. The van der Waals surface area contributed by atoms with E-state index >= 15 is 0 Å². The average molecular weight is 234 g/mol. The maximum Gasteiger partial charge on any atom is 0.0672 e. The van der Waals surface area contributed by atoms with E-state index in [2.05, 4.69) is 25.2 Å². The second-order valence-electron chi connectivity index (χ2n) is 6.41. The van der Waals surface area contributed by atoms with Crippen LogP contribution < -0.4 is 5.32 Å². The van der Waals surface area contributed by atoms with Crippen molar-refractivity contribution in [3.63, 3.8) is 0 Å². The van der Waals surface area contributed by atoms with Crippen molar-refractivity contribution in [2.24, 2.45) is 17.8 Å². The maximum atomic E-state index is 9.20. The minimum absolute atomic E-state index is 0.260. The highest BCUT2D eigenvalue weighted by atomic mass is 15.0. The lowest BCUT2D eigenvalue weighted by Crippen LogP contribution is -2.46. The fourth-order valence-electron chi connectivity index (χ4n) is 3.87. The lowest BCUT2D eigenvalue weighted by Gasteiger charge is -2.37. The Morgan fingerprint density at radius 1 is 1.00 bits per heavy atom. The molecule has 2 aliphatic carbocycles. The zero-order valence-corrected chi connectivity index (χ0v) is 11.3. The Kier molecular flexibility index (Phi) is 4.45. The Bertz CT molecular complexity index is 271. The smallest absolute Gasteiger partial charge is 0.0672 e. The van der Waals surface area contributed by atoms with E-state index < -0.39 is 0 Å². The number of nitrogens with zero attached hydrogens (tertiary/aromatic N) is 1. The van der Waals surface area contributed by atoms with Crippen LogP contribution in [0.2, 0.25) is 0 Å². The average Bonchev–Trinajstić information content (AvgIpc) is 2.28. The van der Waals surface area contributed by atoms with Gasteiger partial charge in [-0.15, -0.1) is 0 Å². The van der Waals surface area contributed by atoms with Gasteiger partial charge in [0, 0.05) is 12.1 Å². The van der Waals surface area contributed by atoms with Gasteiger partial charge in [-0.05, 0) is 43.9 Å². The van der Waals surface area contributed by atoms with Crippen LogP contribution in [0.4, 0.5) is 0 Å². The predicted molar refractivity (Wildman–Crippen MR) is 70.5 cm³/mol. The van der Waals surface area contributed by atoms with Gasteiger partial charge in [-0.2, -0.15) is 5.26 Å². The van der Waals surface area contributed by atoms with E-state index in [4.69, 9.17) is 0 Å². The highest BCUT2D eigenvalue weighted by Gasteiger charge is 2.30. The van der Waals surface area contributed by atoms with Crippen molar-refractivity contribution in [3.05, 3.63) is 0 Å². The second-order valence-corrected chi connectivity index (χ2v) is 6.41. The van der Waals surface area contributed by atoms with Crippen LogP contribution in [0.5, 0.6) is 0 Å². The van der Waals surface area contributed by atoms with E-state index in [0.29, 0.717) is 12.1 Å². The van der Waals surface area contributed by atoms with Crippen molar-refractivity contribution >= 4 is 0 Å². The van der Waals surface area contributed by atoms with Gasteiger partial charge in [0.25, 0.3) is 0 Å². The molecule has 0 aromatic carbocycles. The topological polar surface area (TPSA) is 35.8 Å². The maximum absolute atomic E-state index is 9.20. The minimum Gasteiger partial charge on any atom is -0.310 e. The van der Waals surface area contributed by atoms with Crippen LogP contribution in [-0.2, 0) is 0 Å². The molecule has 1 N–H and O–H groups in total. The largest absolute Gasteiger partial charge is 0.310 e. The summed E-state index contributed by atoms with van der Waals surface area (Å²) in [7, 11) is 0. The van der Waals surface area contributed by atoms with Crippen molar-refractivity contribution in [2.45, 2.75) is 70.9 Å². The molecule has 0 aromatic rings. The van der Waals surface area contributed by atoms with Crippen molar-refractivity contribution in [2.75, 3.05) is 0 Å². The third-order valence-electron chi connectivity index (χ3n) is 4.56. The molecule has 0 heterocycles. The van der Waals surface area contributed by atoms with Crippen LogP contribution in [0.25, 0.3) is 0 Å². The van der Waals surface area contributed by atoms with Gasteiger partial charge in [0.15, 0.2) is 0 Å². The molecular weight excluding hydrogens is 208 g/mol. The van der Waals surface area contributed by atoms with Crippen molar-refractivity contribution in [1.82, 2.24) is 5.32 Å². The summed E-state index contributed by atoms with van der Waals surface area (Å²) in [4.78, 5) is 0. The van der Waals surface area contributed by atoms with E-state index in [0.717, 1.165) is 18.3 Å². The molecule has 96 valence electrons.